The Kier molecular flexibility index (Phi) is 4.47. The Balaban J connectivity index is 2.13. The van der Waals surface area contributed by atoms with E-state index in [4.69, 9.17) is 0 Å². The van der Waals surface area contributed by atoms with Crippen LogP contribution in [0.1, 0.15) is 18.9 Å². The molecule has 1 aromatic rings. The summed E-state index contributed by atoms with van der Waals surface area (Å²) in [6.07, 6.45) is 1.75. The second-order valence-corrected chi connectivity index (χ2v) is 8.61. The van der Waals surface area contributed by atoms with Gasteiger partial charge in [-0.1, -0.05) is 6.92 Å². The molecule has 1 fully saturated rings. The molecule has 10 heteroatoms. The van der Waals surface area contributed by atoms with Gasteiger partial charge in [0, 0.05) is 18.2 Å². The van der Waals surface area contributed by atoms with Gasteiger partial charge >= 0.3 is 0 Å². The molecule has 3 N–H and O–H groups in total. The van der Waals surface area contributed by atoms with Crippen LogP contribution in [0.15, 0.2) is 11.2 Å². The summed E-state index contributed by atoms with van der Waals surface area (Å²) in [6.45, 7) is 3.00. The van der Waals surface area contributed by atoms with Gasteiger partial charge in [-0.2, -0.15) is 5.10 Å². The van der Waals surface area contributed by atoms with Crippen LogP contribution in [0, 0.1) is 0 Å². The van der Waals surface area contributed by atoms with Crippen LogP contribution in [0.4, 0.5) is 0 Å². The van der Waals surface area contributed by atoms with Gasteiger partial charge in [-0.05, 0) is 13.0 Å². The van der Waals surface area contributed by atoms with Gasteiger partial charge in [0.2, 0.25) is 0 Å². The molecular weight excluding hydrogens is 304 g/mol. The molecule has 0 spiro atoms. The lowest BCUT2D eigenvalue weighted by atomic mass is 10.3. The number of sulfone groups is 1. The van der Waals surface area contributed by atoms with Gasteiger partial charge in [-0.25, -0.2) is 21.6 Å². The molecule has 114 valence electrons. The van der Waals surface area contributed by atoms with Gasteiger partial charge in [0.25, 0.3) is 10.0 Å². The fourth-order valence-corrected chi connectivity index (χ4v) is 5.26. The maximum absolute atomic E-state index is 12.2. The van der Waals surface area contributed by atoms with E-state index in [0.717, 1.165) is 0 Å². The zero-order valence-corrected chi connectivity index (χ0v) is 12.7. The van der Waals surface area contributed by atoms with E-state index in [2.05, 4.69) is 20.2 Å². The lowest BCUT2D eigenvalue weighted by Crippen LogP contribution is -2.36. The molecule has 1 unspecified atom stereocenters. The summed E-state index contributed by atoms with van der Waals surface area (Å²) in [4.78, 5) is 0. The molecule has 0 aromatic carbocycles. The van der Waals surface area contributed by atoms with Crippen LogP contribution in [0.5, 0.6) is 0 Å². The van der Waals surface area contributed by atoms with Gasteiger partial charge in [0.05, 0.1) is 17.7 Å². The van der Waals surface area contributed by atoms with Crippen molar-refractivity contribution in [3.63, 3.8) is 0 Å². The lowest BCUT2D eigenvalue weighted by molar-refractivity contribution is 0.556. The van der Waals surface area contributed by atoms with Crippen LogP contribution < -0.4 is 10.0 Å². The van der Waals surface area contributed by atoms with E-state index >= 15 is 0 Å². The summed E-state index contributed by atoms with van der Waals surface area (Å²) in [6, 6.07) is -0.569. The van der Waals surface area contributed by atoms with Gasteiger partial charge < -0.3 is 5.32 Å². The summed E-state index contributed by atoms with van der Waals surface area (Å²) in [7, 11) is -6.91. The molecule has 0 radical (unpaired) electrons. The van der Waals surface area contributed by atoms with Crippen molar-refractivity contribution >= 4 is 19.9 Å². The first-order chi connectivity index (χ1) is 9.34. The van der Waals surface area contributed by atoms with Crippen molar-refractivity contribution < 1.29 is 16.8 Å². The maximum Gasteiger partial charge on any atom is 0.258 e. The van der Waals surface area contributed by atoms with E-state index in [1.165, 1.54) is 6.20 Å². The van der Waals surface area contributed by atoms with E-state index in [-0.39, 0.29) is 16.5 Å². The standard InChI is InChI=1S/C10H18N4O4S2/c1-2-11-5-8-6-12-13-10(8)20(17,18)14-9-3-4-19(15,16)7-9/h6,9,11,14H,2-5,7H2,1H3,(H,12,13). The van der Waals surface area contributed by atoms with Crippen molar-refractivity contribution in [3.05, 3.63) is 11.8 Å². The Hall–Kier alpha value is -0.970. The number of hydrogen-bond acceptors (Lipinski definition) is 6. The maximum atomic E-state index is 12.2. The second kappa shape index (κ2) is 5.80. The molecule has 0 bridgehead atoms. The van der Waals surface area contributed by atoms with Crippen LogP contribution in [0.3, 0.4) is 0 Å². The van der Waals surface area contributed by atoms with Crippen LogP contribution in [-0.2, 0) is 26.4 Å². The molecule has 1 saturated heterocycles. The van der Waals surface area contributed by atoms with Crippen molar-refractivity contribution in [2.45, 2.75) is 31.0 Å². The first-order valence-electron chi connectivity index (χ1n) is 6.30. The minimum absolute atomic E-state index is 0.0113. The van der Waals surface area contributed by atoms with Crippen molar-refractivity contribution in [2.75, 3.05) is 18.1 Å². The molecule has 1 atom stereocenters. The molecule has 2 rings (SSSR count). The third-order valence-electron chi connectivity index (χ3n) is 3.07. The topological polar surface area (TPSA) is 121 Å². The van der Waals surface area contributed by atoms with E-state index in [1.807, 2.05) is 6.92 Å². The number of hydrogen-bond donors (Lipinski definition) is 3. The van der Waals surface area contributed by atoms with Crippen LogP contribution in [-0.4, -0.2) is 51.1 Å². The summed E-state index contributed by atoms with van der Waals surface area (Å²) in [5.74, 6) is -0.129. The highest BCUT2D eigenvalue weighted by molar-refractivity contribution is 7.92. The number of rotatable bonds is 6. The smallest absolute Gasteiger partial charge is 0.258 e. The fourth-order valence-electron chi connectivity index (χ4n) is 2.08. The third kappa shape index (κ3) is 3.57. The van der Waals surface area contributed by atoms with Gasteiger partial charge in [-0.3, -0.25) is 5.10 Å². The highest BCUT2D eigenvalue weighted by Crippen LogP contribution is 2.16. The van der Waals surface area contributed by atoms with E-state index in [1.54, 1.807) is 0 Å². The monoisotopic (exact) mass is 322 g/mol. The third-order valence-corrected chi connectivity index (χ3v) is 6.37. The second-order valence-electron chi connectivity index (χ2n) is 4.73. The summed E-state index contributed by atoms with van der Waals surface area (Å²) in [5, 5.41) is 9.21. The quantitative estimate of drug-likeness (QED) is 0.617. The molecule has 0 aliphatic carbocycles. The van der Waals surface area contributed by atoms with E-state index in [0.29, 0.717) is 25.1 Å². The Morgan fingerprint density at radius 2 is 2.25 bits per heavy atom. The SMILES string of the molecule is CCNCc1cn[nH]c1S(=O)(=O)NC1CCS(=O)(=O)C1. The first kappa shape index (κ1) is 15.4. The highest BCUT2D eigenvalue weighted by Gasteiger charge is 2.32. The van der Waals surface area contributed by atoms with Gasteiger partial charge in [0.15, 0.2) is 14.9 Å². The van der Waals surface area contributed by atoms with Crippen LogP contribution in [0.25, 0.3) is 0 Å². The average molecular weight is 322 g/mol. The number of nitrogens with one attached hydrogen (secondary N) is 3. The molecule has 1 aliphatic heterocycles. The Morgan fingerprint density at radius 3 is 2.85 bits per heavy atom. The summed E-state index contributed by atoms with van der Waals surface area (Å²) in [5.41, 5.74) is 0.528. The number of aromatic amines is 1. The van der Waals surface area contributed by atoms with Crippen LogP contribution >= 0.6 is 0 Å². The van der Waals surface area contributed by atoms with Crippen molar-refractivity contribution in [2.24, 2.45) is 0 Å². The minimum Gasteiger partial charge on any atom is -0.313 e. The molecule has 2 heterocycles. The lowest BCUT2D eigenvalue weighted by Gasteiger charge is -2.11. The largest absolute Gasteiger partial charge is 0.313 e. The van der Waals surface area contributed by atoms with Crippen LogP contribution in [0.2, 0.25) is 0 Å². The summed E-state index contributed by atoms with van der Waals surface area (Å²) >= 11 is 0. The van der Waals surface area contributed by atoms with Crippen molar-refractivity contribution in [1.82, 2.24) is 20.2 Å². The minimum atomic E-state index is -3.78. The molecular formula is C10H18N4O4S2. The average Bonchev–Trinajstić information content (AvgIpc) is 2.93. The zero-order valence-electron chi connectivity index (χ0n) is 11.1. The van der Waals surface area contributed by atoms with Crippen molar-refractivity contribution in [3.8, 4) is 0 Å². The predicted octanol–water partition coefficient (Wildman–Crippen LogP) is -1.02. The number of sulfonamides is 1. The first-order valence-corrected chi connectivity index (χ1v) is 9.60. The molecule has 1 aliphatic rings. The normalized spacial score (nSPS) is 22.1. The number of nitrogens with zero attached hydrogens (tertiary/aromatic N) is 1. The number of H-pyrrole nitrogens is 1. The molecule has 0 amide bonds. The Labute approximate surface area is 118 Å². The van der Waals surface area contributed by atoms with E-state index in [9.17, 15) is 16.8 Å². The zero-order chi connectivity index (χ0) is 14.8. The predicted molar refractivity (Wildman–Crippen MR) is 73.3 cm³/mol. The van der Waals surface area contributed by atoms with Gasteiger partial charge in [0.1, 0.15) is 0 Å². The fraction of sp³-hybridized carbons (Fsp3) is 0.700. The Morgan fingerprint density at radius 1 is 1.50 bits per heavy atom. The van der Waals surface area contributed by atoms with Gasteiger partial charge in [-0.15, -0.1) is 0 Å². The Bertz CT molecular complexity index is 665. The molecule has 1 aromatic heterocycles. The highest BCUT2D eigenvalue weighted by atomic mass is 32.2. The summed E-state index contributed by atoms with van der Waals surface area (Å²) < 4.78 is 49.6. The van der Waals surface area contributed by atoms with Crippen molar-refractivity contribution in [1.29, 1.82) is 0 Å². The van der Waals surface area contributed by atoms with E-state index < -0.39 is 25.9 Å². The molecule has 8 nitrogen and oxygen atoms in total. The molecule has 20 heavy (non-hydrogen) atoms. The molecule has 0 saturated carbocycles. The number of aromatic nitrogens is 2.